The molecule has 26 heavy (non-hydrogen) atoms. The topological polar surface area (TPSA) is 69.0 Å². The van der Waals surface area contributed by atoms with Gasteiger partial charge in [0, 0.05) is 17.9 Å². The highest BCUT2D eigenvalue weighted by Gasteiger charge is 2.23. The number of benzene rings is 2. The van der Waals surface area contributed by atoms with Crippen molar-refractivity contribution in [1.29, 1.82) is 0 Å². The van der Waals surface area contributed by atoms with E-state index < -0.39 is 0 Å². The van der Waals surface area contributed by atoms with Gasteiger partial charge in [0.1, 0.15) is 5.69 Å². The molecule has 1 aliphatic heterocycles. The van der Waals surface area contributed by atoms with Gasteiger partial charge in [-0.3, -0.25) is 4.79 Å². The molecule has 1 aromatic heterocycles. The molecule has 0 spiro atoms. The van der Waals surface area contributed by atoms with Crippen LogP contribution in [0.4, 0.5) is 5.69 Å². The number of ether oxygens (including phenoxy) is 1. The first-order valence-electron chi connectivity index (χ1n) is 8.71. The number of aromatic nitrogens is 3. The van der Waals surface area contributed by atoms with Gasteiger partial charge in [-0.1, -0.05) is 47.7 Å². The summed E-state index contributed by atoms with van der Waals surface area (Å²) in [6.07, 6.45) is 2.69. The van der Waals surface area contributed by atoms with Gasteiger partial charge in [-0.05, 0) is 24.1 Å². The average Bonchev–Trinajstić information content (AvgIpc) is 3.35. The largest absolute Gasteiger partial charge is 0.381 e. The molecule has 0 aliphatic carbocycles. The molecule has 0 radical (unpaired) electrons. The number of hydrogen-bond acceptors (Lipinski definition) is 4. The van der Waals surface area contributed by atoms with E-state index in [0.717, 1.165) is 23.4 Å². The van der Waals surface area contributed by atoms with Crippen LogP contribution >= 0.6 is 0 Å². The Labute approximate surface area is 151 Å². The standard InChI is InChI=1S/C20H20N4O2/c25-20(17-9-10-26-14-17)21-18-8-4-7-16(11-18)19-13-24(23-22-19)12-15-5-2-1-3-6-15/h1-8,11,13,17H,9-10,12,14H2,(H,21,25)/t17-/m0/s1. The maximum Gasteiger partial charge on any atom is 0.229 e. The molecular formula is C20H20N4O2. The van der Waals surface area contributed by atoms with E-state index >= 15 is 0 Å². The summed E-state index contributed by atoms with van der Waals surface area (Å²) in [6.45, 7) is 1.83. The van der Waals surface area contributed by atoms with E-state index in [1.165, 1.54) is 5.56 Å². The summed E-state index contributed by atoms with van der Waals surface area (Å²) in [5.41, 5.74) is 3.63. The van der Waals surface area contributed by atoms with Crippen molar-refractivity contribution in [3.8, 4) is 11.3 Å². The summed E-state index contributed by atoms with van der Waals surface area (Å²) in [4.78, 5) is 12.2. The molecule has 132 valence electrons. The summed E-state index contributed by atoms with van der Waals surface area (Å²) in [5.74, 6) is -0.0576. The van der Waals surface area contributed by atoms with Crippen LogP contribution in [0, 0.1) is 5.92 Å². The van der Waals surface area contributed by atoms with E-state index in [1.54, 1.807) is 0 Å². The SMILES string of the molecule is O=C(Nc1cccc(-c2cn(Cc3ccccc3)nn2)c1)[C@H]1CCOC1. The highest BCUT2D eigenvalue weighted by Crippen LogP contribution is 2.22. The first-order valence-corrected chi connectivity index (χ1v) is 8.71. The predicted octanol–water partition coefficient (Wildman–Crippen LogP) is 2.97. The van der Waals surface area contributed by atoms with Gasteiger partial charge in [-0.15, -0.1) is 5.10 Å². The summed E-state index contributed by atoms with van der Waals surface area (Å²) in [6, 6.07) is 17.8. The van der Waals surface area contributed by atoms with Gasteiger partial charge in [-0.2, -0.15) is 0 Å². The van der Waals surface area contributed by atoms with Crippen molar-refractivity contribution >= 4 is 11.6 Å². The molecule has 0 bridgehead atoms. The van der Waals surface area contributed by atoms with Gasteiger partial charge in [-0.25, -0.2) is 4.68 Å². The molecule has 2 aromatic carbocycles. The fraction of sp³-hybridized carbons (Fsp3) is 0.250. The lowest BCUT2D eigenvalue weighted by Gasteiger charge is -2.10. The maximum atomic E-state index is 12.2. The van der Waals surface area contributed by atoms with Crippen molar-refractivity contribution < 1.29 is 9.53 Å². The Morgan fingerprint density at radius 1 is 1.19 bits per heavy atom. The minimum atomic E-state index is -0.0644. The molecule has 0 unspecified atom stereocenters. The number of anilines is 1. The second-order valence-corrected chi connectivity index (χ2v) is 6.42. The van der Waals surface area contributed by atoms with E-state index in [9.17, 15) is 4.79 Å². The number of hydrogen-bond donors (Lipinski definition) is 1. The Bertz CT molecular complexity index is 886. The van der Waals surface area contributed by atoms with E-state index in [0.29, 0.717) is 19.8 Å². The van der Waals surface area contributed by atoms with Crippen LogP contribution in [0.1, 0.15) is 12.0 Å². The van der Waals surface area contributed by atoms with Crippen LogP contribution in [-0.4, -0.2) is 34.1 Å². The van der Waals surface area contributed by atoms with E-state index in [1.807, 2.05) is 53.3 Å². The quantitative estimate of drug-likeness (QED) is 0.770. The Balaban J connectivity index is 1.47. The van der Waals surface area contributed by atoms with Crippen LogP contribution in [0.15, 0.2) is 60.8 Å². The first kappa shape index (κ1) is 16.5. The number of rotatable bonds is 5. The van der Waals surface area contributed by atoms with Crippen LogP contribution in [0.5, 0.6) is 0 Å². The highest BCUT2D eigenvalue weighted by molar-refractivity contribution is 5.93. The van der Waals surface area contributed by atoms with Gasteiger partial charge in [0.2, 0.25) is 5.91 Å². The minimum Gasteiger partial charge on any atom is -0.381 e. The molecular weight excluding hydrogens is 328 g/mol. The fourth-order valence-corrected chi connectivity index (χ4v) is 3.02. The van der Waals surface area contributed by atoms with Crippen LogP contribution in [0.2, 0.25) is 0 Å². The van der Waals surface area contributed by atoms with E-state index in [4.69, 9.17) is 4.74 Å². The van der Waals surface area contributed by atoms with Gasteiger partial charge >= 0.3 is 0 Å². The highest BCUT2D eigenvalue weighted by atomic mass is 16.5. The number of nitrogens with zero attached hydrogens (tertiary/aromatic N) is 3. The summed E-state index contributed by atoms with van der Waals surface area (Å²) < 4.78 is 7.09. The van der Waals surface area contributed by atoms with Gasteiger partial charge in [0.05, 0.1) is 25.3 Å². The minimum absolute atomic E-state index is 0.00684. The van der Waals surface area contributed by atoms with Crippen molar-refractivity contribution in [2.75, 3.05) is 18.5 Å². The molecule has 1 atom stereocenters. The van der Waals surface area contributed by atoms with Gasteiger partial charge < -0.3 is 10.1 Å². The normalized spacial score (nSPS) is 16.5. The van der Waals surface area contributed by atoms with Crippen LogP contribution in [-0.2, 0) is 16.1 Å². The third-order valence-corrected chi connectivity index (χ3v) is 4.45. The zero-order valence-corrected chi connectivity index (χ0v) is 14.3. The predicted molar refractivity (Wildman–Crippen MR) is 98.6 cm³/mol. The number of carbonyl (C=O) groups excluding carboxylic acids is 1. The van der Waals surface area contributed by atoms with Crippen molar-refractivity contribution in [3.05, 3.63) is 66.4 Å². The molecule has 1 saturated heterocycles. The molecule has 1 aliphatic rings. The Morgan fingerprint density at radius 2 is 2.08 bits per heavy atom. The van der Waals surface area contributed by atoms with Gasteiger partial charge in [0.25, 0.3) is 0 Å². The van der Waals surface area contributed by atoms with E-state index in [2.05, 4.69) is 27.8 Å². The van der Waals surface area contributed by atoms with Crippen molar-refractivity contribution in [2.45, 2.75) is 13.0 Å². The number of nitrogens with one attached hydrogen (secondary N) is 1. The lowest BCUT2D eigenvalue weighted by molar-refractivity contribution is -0.119. The smallest absolute Gasteiger partial charge is 0.229 e. The third-order valence-electron chi connectivity index (χ3n) is 4.45. The van der Waals surface area contributed by atoms with Gasteiger partial charge in [0.15, 0.2) is 0 Å². The molecule has 3 aromatic rings. The monoisotopic (exact) mass is 348 g/mol. The number of carbonyl (C=O) groups is 1. The van der Waals surface area contributed by atoms with Crippen LogP contribution in [0.25, 0.3) is 11.3 Å². The second-order valence-electron chi connectivity index (χ2n) is 6.42. The Kier molecular flexibility index (Phi) is 4.75. The molecule has 4 rings (SSSR count). The molecule has 1 fully saturated rings. The van der Waals surface area contributed by atoms with Crippen molar-refractivity contribution in [2.24, 2.45) is 5.92 Å². The van der Waals surface area contributed by atoms with E-state index in [-0.39, 0.29) is 11.8 Å². The van der Waals surface area contributed by atoms with Crippen molar-refractivity contribution in [1.82, 2.24) is 15.0 Å². The molecule has 0 saturated carbocycles. The Hall–Kier alpha value is -2.99. The third kappa shape index (κ3) is 3.81. The first-order chi connectivity index (χ1) is 12.8. The fourth-order valence-electron chi connectivity index (χ4n) is 3.02. The lowest BCUT2D eigenvalue weighted by Crippen LogP contribution is -2.22. The molecule has 2 heterocycles. The maximum absolute atomic E-state index is 12.2. The Morgan fingerprint density at radius 3 is 2.88 bits per heavy atom. The second kappa shape index (κ2) is 7.49. The van der Waals surface area contributed by atoms with Crippen LogP contribution < -0.4 is 5.32 Å². The average molecular weight is 348 g/mol. The summed E-state index contributed by atoms with van der Waals surface area (Å²) in [5, 5.41) is 11.4. The van der Waals surface area contributed by atoms with Crippen molar-refractivity contribution in [3.63, 3.8) is 0 Å². The number of amides is 1. The summed E-state index contributed by atoms with van der Waals surface area (Å²) >= 11 is 0. The van der Waals surface area contributed by atoms with Crippen LogP contribution in [0.3, 0.4) is 0 Å². The lowest BCUT2D eigenvalue weighted by atomic mass is 10.1. The zero-order chi connectivity index (χ0) is 17.8. The molecule has 6 heteroatoms. The molecule has 6 nitrogen and oxygen atoms in total. The molecule has 1 N–H and O–H groups in total. The molecule has 1 amide bonds. The zero-order valence-electron chi connectivity index (χ0n) is 14.3. The summed E-state index contributed by atoms with van der Waals surface area (Å²) in [7, 11) is 0.